The van der Waals surface area contributed by atoms with Gasteiger partial charge in [0, 0.05) is 76.8 Å². The van der Waals surface area contributed by atoms with Crippen LogP contribution in [-0.2, 0) is 57.2 Å². The number of hydrogen-bond donors (Lipinski definition) is 0. The van der Waals surface area contributed by atoms with E-state index in [9.17, 15) is 59.4 Å². The smallest absolute Gasteiger partial charge is 0.807 e. The van der Waals surface area contributed by atoms with Gasteiger partial charge in [0.05, 0.1) is 17.9 Å². The Bertz CT molecular complexity index is 696. The van der Waals surface area contributed by atoms with E-state index < -0.39 is 55.1 Å². The van der Waals surface area contributed by atoms with Crippen molar-refractivity contribution >= 4 is 70.0 Å². The summed E-state index contributed by atoms with van der Waals surface area (Å²) < 4.78 is 28.2. The Kier molecular flexibility index (Phi) is 55.2. The average Bonchev–Trinajstić information content (AvgIpc) is 2.83. The van der Waals surface area contributed by atoms with Crippen molar-refractivity contribution in [1.82, 2.24) is 0 Å². The normalized spacial score (nSPS) is 9.90. The molecule has 0 amide bonds. The minimum atomic E-state index is -1.65. The van der Waals surface area contributed by atoms with Gasteiger partial charge < -0.3 is 73.4 Å². The molecule has 0 heterocycles. The summed E-state index contributed by atoms with van der Waals surface area (Å²) in [5, 5.41) is 61.0. The Hall–Kier alpha value is -1.88. The molecule has 0 aliphatic heterocycles. The molecule has 20 heteroatoms. The number of carboxylic acid groups (broad SMARTS) is 3. The number of aliphatic carboxylic acids is 3. The monoisotopic (exact) mass is 756 g/mol. The third-order valence-corrected chi connectivity index (χ3v) is 3.62. The minimum absolute atomic E-state index is 0. The molecule has 0 N–H and O–H groups in total. The number of carbonyl (C=O) groups is 6. The van der Waals surface area contributed by atoms with E-state index in [1.54, 1.807) is 41.5 Å². The average molecular weight is 757 g/mol. The van der Waals surface area contributed by atoms with Gasteiger partial charge in [0.1, 0.15) is 17.3 Å². The molecule has 0 aromatic heterocycles. The Morgan fingerprint density at radius 3 is 0.560 bits per heavy atom. The summed E-state index contributed by atoms with van der Waals surface area (Å²) in [6.07, 6.45) is -1.42. The van der Waals surface area contributed by atoms with E-state index in [1.807, 2.05) is 0 Å². The van der Waals surface area contributed by atoms with Crippen molar-refractivity contribution in [2.75, 3.05) is 39.6 Å². The first-order chi connectivity index (χ1) is 21.7. The molecule has 0 radical (unpaired) electrons. The molecule has 50 heavy (non-hydrogen) atoms. The second-order valence-electron chi connectivity index (χ2n) is 8.94. The van der Waals surface area contributed by atoms with Crippen LogP contribution < -0.4 is 30.6 Å². The molecule has 0 rings (SSSR count). The number of Topliss-reactive ketones (excluding diaryl/α,β-unsaturated/α-hetero) is 3. The van der Waals surface area contributed by atoms with E-state index in [1.165, 1.54) is 41.5 Å². The molecule has 288 valence electrons. The van der Waals surface area contributed by atoms with Crippen molar-refractivity contribution in [2.45, 2.75) is 120 Å². The van der Waals surface area contributed by atoms with Gasteiger partial charge in [-0.3, -0.25) is 14.4 Å². The Balaban J connectivity index is -0.0000000703. The Morgan fingerprint density at radius 1 is 0.400 bits per heavy atom. The molecule has 0 spiro atoms. The second kappa shape index (κ2) is 41.5. The molecule has 0 atom stereocenters. The fourth-order valence-corrected chi connectivity index (χ4v) is 2.31. The van der Waals surface area contributed by atoms with Gasteiger partial charge in [-0.05, 0) is 83.1 Å². The van der Waals surface area contributed by atoms with Crippen molar-refractivity contribution in [1.29, 1.82) is 0 Å². The van der Waals surface area contributed by atoms with E-state index in [0.717, 1.165) is 0 Å². The zero-order valence-corrected chi connectivity index (χ0v) is 33.7. The summed E-state index contributed by atoms with van der Waals surface area (Å²) >= 11 is 0. The summed E-state index contributed by atoms with van der Waals surface area (Å²) in [6, 6.07) is 0. The molecule has 0 aliphatic carbocycles. The topological polar surface area (TPSA) is 296 Å². The number of rotatable bonds is 18. The van der Waals surface area contributed by atoms with Gasteiger partial charge in [0.2, 0.25) is 0 Å². The maximum Gasteiger partial charge on any atom is 3.00 e. The van der Waals surface area contributed by atoms with Gasteiger partial charge in [-0.15, -0.1) is 0 Å². The molecule has 0 aromatic rings. The summed E-state index contributed by atoms with van der Waals surface area (Å²) in [4.78, 5) is 57.9. The van der Waals surface area contributed by atoms with Crippen LogP contribution in [0.25, 0.3) is 0 Å². The number of ether oxygens (including phenoxy) is 6. The van der Waals surface area contributed by atoms with Crippen LogP contribution in [0.4, 0.5) is 0 Å². The maximum absolute atomic E-state index is 10.9. The molecular formula is C30H54Al2O18. The van der Waals surface area contributed by atoms with Gasteiger partial charge in [-0.1, -0.05) is 0 Å². The maximum atomic E-state index is 10.9. The fraction of sp³-hybridized carbons (Fsp3) is 0.800. The Morgan fingerprint density at radius 2 is 0.520 bits per heavy atom. The molecule has 0 saturated heterocycles. The van der Waals surface area contributed by atoms with Crippen molar-refractivity contribution in [3.63, 3.8) is 0 Å². The predicted molar refractivity (Wildman–Crippen MR) is 167 cm³/mol. The molecule has 0 aromatic carbocycles. The van der Waals surface area contributed by atoms with Crippen molar-refractivity contribution in [3.8, 4) is 0 Å². The predicted octanol–water partition coefficient (Wildman–Crippen LogP) is -4.34. The van der Waals surface area contributed by atoms with Crippen LogP contribution >= 0.6 is 0 Å². The molecule has 0 fully saturated rings. The van der Waals surface area contributed by atoms with E-state index >= 15 is 0 Å². The molecule has 18 nitrogen and oxygen atoms in total. The summed E-state index contributed by atoms with van der Waals surface area (Å²) in [6.45, 7) is 20.6. The van der Waals surface area contributed by atoms with Crippen LogP contribution in [0.15, 0.2) is 0 Å². The van der Waals surface area contributed by atoms with Crippen LogP contribution in [0.5, 0.6) is 0 Å². The quantitative estimate of drug-likeness (QED) is 0.0725. The Labute approximate surface area is 317 Å². The first-order valence-corrected chi connectivity index (χ1v) is 14.8. The third kappa shape index (κ3) is 80.7. The van der Waals surface area contributed by atoms with Gasteiger partial charge in [-0.2, -0.15) is 0 Å². The van der Waals surface area contributed by atoms with Crippen LogP contribution in [0.2, 0.25) is 0 Å². The van der Waals surface area contributed by atoms with Gasteiger partial charge in [0.25, 0.3) is 0 Å². The summed E-state index contributed by atoms with van der Waals surface area (Å²) in [7, 11) is 0. The zero-order chi connectivity index (χ0) is 39.6. The van der Waals surface area contributed by atoms with Crippen LogP contribution in [0.1, 0.15) is 102 Å². The SMILES string of the molecule is CC(=O)CC(=O)[O-].CC(=O)CC(=O)[O-].CC(=O)CC(=O)[O-].CCOC(C)([O-])OCC.CCOC(C)([O-])OCC.CCOC(C)([O-])OCC.[Al+3].[Al+3]. The number of carbonyl (C=O) groups excluding carboxylic acids is 6. The summed E-state index contributed by atoms with van der Waals surface area (Å²) in [5.41, 5.74) is 0. The molecule has 0 bridgehead atoms. The van der Waals surface area contributed by atoms with E-state index in [2.05, 4.69) is 0 Å². The van der Waals surface area contributed by atoms with Crippen LogP contribution in [0.3, 0.4) is 0 Å². The standard InChI is InChI=1S/3C6H13O3.3C4H6O3.2Al/c3*1-4-8-6(3,7)9-5-2;3*1-3(5)2-4(6)7;;/h3*4-5H2,1-3H3;3*2H2,1H3,(H,6,7);;/q3*-1;;;;2*+3/p-3. The number of ketones is 3. The van der Waals surface area contributed by atoms with Crippen molar-refractivity contribution < 1.29 is 87.8 Å². The molecular weight excluding hydrogens is 702 g/mol. The summed E-state index contributed by atoms with van der Waals surface area (Å²) in [5.74, 6) is -10.0. The van der Waals surface area contributed by atoms with Crippen molar-refractivity contribution in [2.24, 2.45) is 0 Å². The van der Waals surface area contributed by atoms with E-state index in [4.69, 9.17) is 28.4 Å². The molecule has 0 aliphatic rings. The zero-order valence-electron chi connectivity index (χ0n) is 31.4. The van der Waals surface area contributed by atoms with Crippen LogP contribution in [0, 0.1) is 0 Å². The molecule has 0 unspecified atom stereocenters. The van der Waals surface area contributed by atoms with Crippen molar-refractivity contribution in [3.05, 3.63) is 0 Å². The van der Waals surface area contributed by atoms with E-state index in [-0.39, 0.29) is 52.1 Å². The second-order valence-corrected chi connectivity index (χ2v) is 8.94. The van der Waals surface area contributed by atoms with Crippen LogP contribution in [-0.4, -0.2) is 128 Å². The molecule has 0 saturated carbocycles. The van der Waals surface area contributed by atoms with Gasteiger partial charge in [-0.25, -0.2) is 0 Å². The largest absolute Gasteiger partial charge is 3.00 e. The number of carboxylic acids is 3. The van der Waals surface area contributed by atoms with E-state index in [0.29, 0.717) is 39.6 Å². The van der Waals surface area contributed by atoms with Gasteiger partial charge >= 0.3 is 34.7 Å². The first-order valence-electron chi connectivity index (χ1n) is 14.8. The minimum Gasteiger partial charge on any atom is -0.807 e. The third-order valence-electron chi connectivity index (χ3n) is 3.62. The number of hydrogen-bond acceptors (Lipinski definition) is 18. The van der Waals surface area contributed by atoms with Gasteiger partial charge in [0.15, 0.2) is 0 Å². The first kappa shape index (κ1) is 66.4. The fourth-order valence-electron chi connectivity index (χ4n) is 2.31.